The second kappa shape index (κ2) is 5.91. The Labute approximate surface area is 110 Å². The summed E-state index contributed by atoms with van der Waals surface area (Å²) in [6.07, 6.45) is 1.90. The van der Waals surface area contributed by atoms with Crippen LogP contribution in [0.3, 0.4) is 0 Å². The number of thioether (sulfide) groups is 1. The number of hydrogen-bond acceptors (Lipinski definition) is 3. The van der Waals surface area contributed by atoms with Gasteiger partial charge in [0.05, 0.1) is 6.61 Å². The summed E-state index contributed by atoms with van der Waals surface area (Å²) in [6.45, 7) is 3.87. The average molecular weight is 265 g/mol. The third-order valence-corrected chi connectivity index (χ3v) is 3.49. The van der Waals surface area contributed by atoms with Gasteiger partial charge in [-0.2, -0.15) is 0 Å². The summed E-state index contributed by atoms with van der Waals surface area (Å²) in [4.78, 5) is 14.8. The minimum atomic E-state index is -0.596. The van der Waals surface area contributed by atoms with Crippen molar-refractivity contribution >= 4 is 17.7 Å². The van der Waals surface area contributed by atoms with Crippen molar-refractivity contribution in [2.45, 2.75) is 24.2 Å². The first kappa shape index (κ1) is 14.6. The molecule has 0 aliphatic carbocycles. The van der Waals surface area contributed by atoms with Gasteiger partial charge in [-0.15, -0.1) is 11.8 Å². The monoisotopic (exact) mass is 265 g/mol. The Bertz CT molecular complexity index is 508. The molecule has 1 rings (SSSR count). The van der Waals surface area contributed by atoms with Gasteiger partial charge in [0.2, 0.25) is 5.91 Å². The second-order valence-corrected chi connectivity index (χ2v) is 5.30. The molecule has 0 aliphatic rings. The fourth-order valence-corrected chi connectivity index (χ4v) is 2.38. The van der Waals surface area contributed by atoms with Crippen LogP contribution in [0.5, 0.6) is 0 Å². The lowest BCUT2D eigenvalue weighted by Gasteiger charge is -2.25. The molecule has 0 unspecified atom stereocenters. The number of carbonyl (C=O) groups excluding carboxylic acids is 1. The first-order valence-electron chi connectivity index (χ1n) is 5.35. The SMILES string of the molecule is CSc1cc(C(=O)N=[N+]=[N-])ccc1C(C)(C)CO. The van der Waals surface area contributed by atoms with Gasteiger partial charge < -0.3 is 5.11 Å². The maximum Gasteiger partial charge on any atom is 0.249 e. The van der Waals surface area contributed by atoms with Crippen LogP contribution in [0.4, 0.5) is 0 Å². The van der Waals surface area contributed by atoms with Crippen LogP contribution in [-0.4, -0.2) is 23.9 Å². The van der Waals surface area contributed by atoms with Gasteiger partial charge in [-0.3, -0.25) is 4.79 Å². The molecule has 1 aromatic rings. The third kappa shape index (κ3) is 3.04. The van der Waals surface area contributed by atoms with Crippen LogP contribution in [0.15, 0.2) is 28.2 Å². The molecule has 0 fully saturated rings. The van der Waals surface area contributed by atoms with E-state index in [1.54, 1.807) is 18.2 Å². The summed E-state index contributed by atoms with van der Waals surface area (Å²) >= 11 is 1.49. The molecule has 1 aromatic carbocycles. The van der Waals surface area contributed by atoms with Gasteiger partial charge in [0, 0.05) is 20.8 Å². The van der Waals surface area contributed by atoms with Crippen LogP contribution >= 0.6 is 11.8 Å². The standard InChI is InChI=1S/C12H15N3O2S/c1-12(2,7-16)9-5-4-8(6-10(9)18-3)11(17)14-15-13/h4-6,16H,7H2,1-3H3. The van der Waals surface area contributed by atoms with Gasteiger partial charge in [-0.05, 0) is 28.5 Å². The van der Waals surface area contributed by atoms with E-state index < -0.39 is 5.91 Å². The Balaban J connectivity index is 3.28. The van der Waals surface area contributed by atoms with E-state index in [0.717, 1.165) is 10.5 Å². The Morgan fingerprint density at radius 3 is 2.72 bits per heavy atom. The summed E-state index contributed by atoms with van der Waals surface area (Å²) in [5.74, 6) is -0.596. The lowest BCUT2D eigenvalue weighted by Crippen LogP contribution is -2.23. The highest BCUT2D eigenvalue weighted by Crippen LogP contribution is 2.32. The van der Waals surface area contributed by atoms with Gasteiger partial charge in [0.1, 0.15) is 0 Å². The van der Waals surface area contributed by atoms with E-state index in [-0.39, 0.29) is 12.0 Å². The molecule has 0 spiro atoms. The Morgan fingerprint density at radius 2 is 2.22 bits per heavy atom. The van der Waals surface area contributed by atoms with Crippen LogP contribution in [0.25, 0.3) is 10.4 Å². The van der Waals surface area contributed by atoms with E-state index in [4.69, 9.17) is 5.53 Å². The van der Waals surface area contributed by atoms with Crippen molar-refractivity contribution in [1.29, 1.82) is 0 Å². The van der Waals surface area contributed by atoms with Crippen molar-refractivity contribution in [1.82, 2.24) is 0 Å². The predicted molar refractivity (Wildman–Crippen MR) is 71.8 cm³/mol. The van der Waals surface area contributed by atoms with Crippen LogP contribution in [0.2, 0.25) is 0 Å². The lowest BCUT2D eigenvalue weighted by molar-refractivity contribution is 0.1000. The Morgan fingerprint density at radius 1 is 1.56 bits per heavy atom. The molecule has 18 heavy (non-hydrogen) atoms. The smallest absolute Gasteiger partial charge is 0.249 e. The fourth-order valence-electron chi connectivity index (χ4n) is 1.57. The fraction of sp³-hybridized carbons (Fsp3) is 0.417. The summed E-state index contributed by atoms with van der Waals surface area (Å²) in [7, 11) is 0. The van der Waals surface area contributed by atoms with Gasteiger partial charge in [0.25, 0.3) is 0 Å². The molecule has 0 saturated heterocycles. The highest BCUT2D eigenvalue weighted by molar-refractivity contribution is 7.98. The summed E-state index contributed by atoms with van der Waals surface area (Å²) in [5, 5.41) is 12.5. The maximum atomic E-state index is 11.5. The van der Waals surface area contributed by atoms with Crippen LogP contribution in [0.1, 0.15) is 29.8 Å². The van der Waals surface area contributed by atoms with Crippen molar-refractivity contribution in [2.75, 3.05) is 12.9 Å². The number of benzene rings is 1. The molecule has 0 aliphatic heterocycles. The van der Waals surface area contributed by atoms with Gasteiger partial charge in [-0.25, -0.2) is 0 Å². The molecule has 0 atom stereocenters. The number of aliphatic hydroxyl groups excluding tert-OH is 1. The number of azide groups is 1. The molecule has 0 radical (unpaired) electrons. The number of rotatable bonds is 4. The van der Waals surface area contributed by atoms with Crippen molar-refractivity contribution in [3.63, 3.8) is 0 Å². The highest BCUT2D eigenvalue weighted by atomic mass is 32.2. The largest absolute Gasteiger partial charge is 0.395 e. The zero-order valence-corrected chi connectivity index (χ0v) is 11.4. The first-order valence-corrected chi connectivity index (χ1v) is 6.57. The number of hydrogen-bond donors (Lipinski definition) is 1. The molecular weight excluding hydrogens is 250 g/mol. The zero-order valence-electron chi connectivity index (χ0n) is 10.5. The van der Waals surface area contributed by atoms with Crippen LogP contribution < -0.4 is 0 Å². The molecule has 5 nitrogen and oxygen atoms in total. The predicted octanol–water partition coefficient (Wildman–Crippen LogP) is 3.13. The molecule has 0 saturated carbocycles. The van der Waals surface area contributed by atoms with E-state index in [9.17, 15) is 9.90 Å². The normalized spacial score (nSPS) is 10.9. The number of nitrogens with zero attached hydrogens (tertiary/aromatic N) is 3. The number of carbonyl (C=O) groups is 1. The number of amides is 1. The van der Waals surface area contributed by atoms with Crippen molar-refractivity contribution in [2.24, 2.45) is 5.11 Å². The highest BCUT2D eigenvalue weighted by Gasteiger charge is 2.23. The molecular formula is C12H15N3O2S. The quantitative estimate of drug-likeness (QED) is 0.392. The minimum Gasteiger partial charge on any atom is -0.395 e. The van der Waals surface area contributed by atoms with E-state index >= 15 is 0 Å². The summed E-state index contributed by atoms with van der Waals surface area (Å²) in [5.41, 5.74) is 9.19. The van der Waals surface area contributed by atoms with Crippen molar-refractivity contribution in [3.8, 4) is 0 Å². The third-order valence-electron chi connectivity index (χ3n) is 2.71. The topological polar surface area (TPSA) is 86.1 Å². The van der Waals surface area contributed by atoms with E-state index in [2.05, 4.69) is 10.0 Å². The van der Waals surface area contributed by atoms with E-state index in [1.807, 2.05) is 20.1 Å². The zero-order chi connectivity index (χ0) is 13.8. The van der Waals surface area contributed by atoms with Gasteiger partial charge in [0.15, 0.2) is 0 Å². The van der Waals surface area contributed by atoms with Crippen LogP contribution in [-0.2, 0) is 5.41 Å². The summed E-state index contributed by atoms with van der Waals surface area (Å²) < 4.78 is 0. The second-order valence-electron chi connectivity index (χ2n) is 4.45. The Hall–Kier alpha value is -1.49. The molecule has 1 N–H and O–H groups in total. The average Bonchev–Trinajstić information content (AvgIpc) is 2.38. The van der Waals surface area contributed by atoms with Gasteiger partial charge in [-0.1, -0.05) is 26.0 Å². The Kier molecular flexibility index (Phi) is 4.78. The maximum absolute atomic E-state index is 11.5. The lowest BCUT2D eigenvalue weighted by atomic mass is 9.85. The number of aliphatic hydroxyl groups is 1. The van der Waals surface area contributed by atoms with E-state index in [0.29, 0.717) is 5.56 Å². The summed E-state index contributed by atoms with van der Waals surface area (Å²) in [6, 6.07) is 5.10. The molecule has 1 amide bonds. The molecule has 96 valence electrons. The van der Waals surface area contributed by atoms with Crippen LogP contribution in [0, 0.1) is 0 Å². The molecule has 6 heteroatoms. The first-order chi connectivity index (χ1) is 8.46. The van der Waals surface area contributed by atoms with Crippen molar-refractivity contribution in [3.05, 3.63) is 39.8 Å². The molecule has 0 heterocycles. The van der Waals surface area contributed by atoms with E-state index in [1.165, 1.54) is 11.8 Å². The minimum absolute atomic E-state index is 0.0181. The van der Waals surface area contributed by atoms with Gasteiger partial charge >= 0.3 is 0 Å². The van der Waals surface area contributed by atoms with Crippen molar-refractivity contribution < 1.29 is 9.90 Å². The molecule has 0 aromatic heterocycles. The molecule has 0 bridgehead atoms.